The quantitative estimate of drug-likeness (QED) is 0.651. The van der Waals surface area contributed by atoms with Crippen molar-refractivity contribution >= 4 is 5.78 Å². The molecule has 0 saturated carbocycles. The lowest BCUT2D eigenvalue weighted by atomic mass is 9.94. The Kier molecular flexibility index (Phi) is 3.25. The van der Waals surface area contributed by atoms with Crippen LogP contribution in [0.15, 0.2) is 54.6 Å². The molecule has 3 aromatic carbocycles. The highest BCUT2D eigenvalue weighted by Crippen LogP contribution is 2.41. The van der Waals surface area contributed by atoms with E-state index >= 15 is 0 Å². The average molecular weight is 344 g/mol. The molecule has 0 spiro atoms. The van der Waals surface area contributed by atoms with E-state index < -0.39 is 0 Å². The van der Waals surface area contributed by atoms with Crippen molar-refractivity contribution in [2.24, 2.45) is 0 Å². The first-order chi connectivity index (χ1) is 12.7. The second kappa shape index (κ2) is 5.63. The molecule has 0 N–H and O–H groups in total. The van der Waals surface area contributed by atoms with Crippen molar-refractivity contribution in [3.63, 3.8) is 0 Å². The number of fused-ring (bicyclic) bond motifs is 3. The third-order valence-electron chi connectivity index (χ3n) is 4.84. The predicted molar refractivity (Wildman–Crippen MR) is 96.9 cm³/mol. The van der Waals surface area contributed by atoms with Crippen molar-refractivity contribution < 1.29 is 19.0 Å². The standard InChI is InChI=1S/C22H16O4/c1-13-2-4-14(5-3-13)15-6-7-17-16(8-15)11-24-19-10-21-20(25-12-26-21)9-18(19)22(17)23/h2-10H,11-12H2,1H3. The van der Waals surface area contributed by atoms with Gasteiger partial charge in [-0.05, 0) is 30.2 Å². The number of rotatable bonds is 1. The third-order valence-corrected chi connectivity index (χ3v) is 4.84. The van der Waals surface area contributed by atoms with E-state index in [4.69, 9.17) is 14.2 Å². The van der Waals surface area contributed by atoms with Gasteiger partial charge in [-0.3, -0.25) is 4.79 Å². The SMILES string of the molecule is Cc1ccc(-c2ccc3c(c2)COc2cc4c(cc2C3=O)OCO4)cc1. The summed E-state index contributed by atoms with van der Waals surface area (Å²) < 4.78 is 16.7. The monoisotopic (exact) mass is 344 g/mol. The molecule has 2 aliphatic heterocycles. The summed E-state index contributed by atoms with van der Waals surface area (Å²) in [5.74, 6) is 1.68. The van der Waals surface area contributed by atoms with Gasteiger partial charge in [-0.1, -0.05) is 42.0 Å². The molecule has 5 rings (SSSR count). The van der Waals surface area contributed by atoms with Crippen LogP contribution in [0.5, 0.6) is 17.2 Å². The van der Waals surface area contributed by atoms with E-state index in [0.29, 0.717) is 35.0 Å². The number of benzene rings is 3. The second-order valence-electron chi connectivity index (χ2n) is 6.56. The Balaban J connectivity index is 1.58. The molecule has 4 nitrogen and oxygen atoms in total. The first-order valence-corrected chi connectivity index (χ1v) is 8.50. The van der Waals surface area contributed by atoms with Crippen molar-refractivity contribution in [3.8, 4) is 28.4 Å². The summed E-state index contributed by atoms with van der Waals surface area (Å²) in [6, 6.07) is 17.7. The molecule has 2 heterocycles. The maximum absolute atomic E-state index is 13.0. The summed E-state index contributed by atoms with van der Waals surface area (Å²) >= 11 is 0. The number of aryl methyl sites for hydroxylation is 1. The minimum Gasteiger partial charge on any atom is -0.488 e. The maximum Gasteiger partial charge on any atom is 0.231 e. The minimum absolute atomic E-state index is 0.0544. The van der Waals surface area contributed by atoms with Crippen molar-refractivity contribution in [2.75, 3.05) is 6.79 Å². The van der Waals surface area contributed by atoms with Gasteiger partial charge >= 0.3 is 0 Å². The Labute approximate surface area is 150 Å². The molecule has 2 aliphatic rings. The molecular weight excluding hydrogens is 328 g/mol. The second-order valence-corrected chi connectivity index (χ2v) is 6.56. The fourth-order valence-corrected chi connectivity index (χ4v) is 3.38. The van der Waals surface area contributed by atoms with E-state index in [-0.39, 0.29) is 12.6 Å². The number of carbonyl (C=O) groups is 1. The van der Waals surface area contributed by atoms with Crippen molar-refractivity contribution in [1.82, 2.24) is 0 Å². The molecule has 4 heteroatoms. The first kappa shape index (κ1) is 15.0. The Morgan fingerprint density at radius 1 is 0.731 bits per heavy atom. The van der Waals surface area contributed by atoms with Crippen LogP contribution in [-0.4, -0.2) is 12.6 Å². The highest BCUT2D eigenvalue weighted by molar-refractivity contribution is 6.12. The van der Waals surface area contributed by atoms with Crippen molar-refractivity contribution in [1.29, 1.82) is 0 Å². The normalized spacial score (nSPS) is 14.3. The first-order valence-electron chi connectivity index (χ1n) is 8.50. The van der Waals surface area contributed by atoms with Crippen LogP contribution < -0.4 is 14.2 Å². The Morgan fingerprint density at radius 2 is 1.46 bits per heavy atom. The summed E-state index contributed by atoms with van der Waals surface area (Å²) in [5, 5.41) is 0. The van der Waals surface area contributed by atoms with E-state index in [1.165, 1.54) is 5.56 Å². The van der Waals surface area contributed by atoms with Crippen LogP contribution >= 0.6 is 0 Å². The molecule has 0 bridgehead atoms. The van der Waals surface area contributed by atoms with Crippen LogP contribution in [0.3, 0.4) is 0 Å². The molecule has 0 radical (unpaired) electrons. The van der Waals surface area contributed by atoms with Gasteiger partial charge in [-0.2, -0.15) is 0 Å². The number of carbonyl (C=O) groups excluding carboxylic acids is 1. The summed E-state index contributed by atoms with van der Waals surface area (Å²) in [5.41, 5.74) is 5.46. The van der Waals surface area contributed by atoms with Gasteiger partial charge in [0.2, 0.25) is 6.79 Å². The molecule has 3 aromatic rings. The fraction of sp³-hybridized carbons (Fsp3) is 0.136. The van der Waals surface area contributed by atoms with Gasteiger partial charge in [-0.25, -0.2) is 0 Å². The molecule has 26 heavy (non-hydrogen) atoms. The summed E-state index contributed by atoms with van der Waals surface area (Å²) in [7, 11) is 0. The van der Waals surface area contributed by atoms with E-state index in [9.17, 15) is 4.79 Å². The molecule has 0 saturated heterocycles. The number of ketones is 1. The van der Waals surface area contributed by atoms with Crippen molar-refractivity contribution in [2.45, 2.75) is 13.5 Å². The van der Waals surface area contributed by atoms with E-state index in [2.05, 4.69) is 31.2 Å². The van der Waals surface area contributed by atoms with Crippen LogP contribution in [0, 0.1) is 6.92 Å². The summed E-state index contributed by atoms with van der Waals surface area (Å²) in [4.78, 5) is 13.0. The molecule has 0 amide bonds. The molecule has 0 fully saturated rings. The van der Waals surface area contributed by atoms with Gasteiger partial charge in [0.1, 0.15) is 12.4 Å². The van der Waals surface area contributed by atoms with Crippen molar-refractivity contribution in [3.05, 3.63) is 76.9 Å². The molecule has 0 aromatic heterocycles. The number of ether oxygens (including phenoxy) is 3. The molecular formula is C22H16O4. The highest BCUT2D eigenvalue weighted by atomic mass is 16.7. The van der Waals surface area contributed by atoms with Gasteiger partial charge in [0.15, 0.2) is 17.3 Å². The third kappa shape index (κ3) is 2.34. The minimum atomic E-state index is -0.0544. The van der Waals surface area contributed by atoms with E-state index in [1.54, 1.807) is 12.1 Å². The van der Waals surface area contributed by atoms with Gasteiger partial charge < -0.3 is 14.2 Å². The number of hydrogen-bond acceptors (Lipinski definition) is 4. The average Bonchev–Trinajstić information content (AvgIpc) is 3.07. The highest BCUT2D eigenvalue weighted by Gasteiger charge is 2.27. The largest absolute Gasteiger partial charge is 0.488 e. The van der Waals surface area contributed by atoms with Crippen LogP contribution in [0.4, 0.5) is 0 Å². The van der Waals surface area contributed by atoms with Gasteiger partial charge in [0.05, 0.1) is 5.56 Å². The smallest absolute Gasteiger partial charge is 0.231 e. The predicted octanol–water partition coefficient (Wildman–Crippen LogP) is 4.51. The Hall–Kier alpha value is -3.27. The zero-order chi connectivity index (χ0) is 17.7. The lowest BCUT2D eigenvalue weighted by Gasteiger charge is -2.08. The van der Waals surface area contributed by atoms with Crippen LogP contribution in [0.25, 0.3) is 11.1 Å². The summed E-state index contributed by atoms with van der Waals surface area (Å²) in [6.07, 6.45) is 0. The summed E-state index contributed by atoms with van der Waals surface area (Å²) in [6.45, 7) is 2.58. The van der Waals surface area contributed by atoms with E-state index in [1.807, 2.05) is 18.2 Å². The Morgan fingerprint density at radius 3 is 2.27 bits per heavy atom. The van der Waals surface area contributed by atoms with Gasteiger partial charge in [0.25, 0.3) is 0 Å². The fourth-order valence-electron chi connectivity index (χ4n) is 3.38. The molecule has 0 atom stereocenters. The van der Waals surface area contributed by atoms with Crippen LogP contribution in [0.2, 0.25) is 0 Å². The van der Waals surface area contributed by atoms with Gasteiger partial charge in [-0.15, -0.1) is 0 Å². The zero-order valence-corrected chi connectivity index (χ0v) is 14.2. The lowest BCUT2D eigenvalue weighted by Crippen LogP contribution is -2.03. The van der Waals surface area contributed by atoms with E-state index in [0.717, 1.165) is 16.7 Å². The molecule has 128 valence electrons. The maximum atomic E-state index is 13.0. The topological polar surface area (TPSA) is 44.8 Å². The molecule has 0 unspecified atom stereocenters. The van der Waals surface area contributed by atoms with Crippen LogP contribution in [0.1, 0.15) is 27.0 Å². The van der Waals surface area contributed by atoms with Crippen LogP contribution in [-0.2, 0) is 6.61 Å². The molecule has 0 aliphatic carbocycles. The van der Waals surface area contributed by atoms with Gasteiger partial charge in [0, 0.05) is 17.2 Å². The Bertz CT molecular complexity index is 1030. The zero-order valence-electron chi connectivity index (χ0n) is 14.2. The number of hydrogen-bond donors (Lipinski definition) is 0. The lowest BCUT2D eigenvalue weighted by molar-refractivity contribution is 0.103.